The molecule has 1 amide bonds. The van der Waals surface area contributed by atoms with Crippen molar-refractivity contribution < 1.29 is 9.53 Å². The summed E-state index contributed by atoms with van der Waals surface area (Å²) in [7, 11) is 0. The number of hydrogen-bond donors (Lipinski definition) is 1. The van der Waals surface area contributed by atoms with Gasteiger partial charge in [-0.25, -0.2) is 0 Å². The number of carbonyl (C=O) groups excluding carboxylic acids is 1. The van der Waals surface area contributed by atoms with Crippen LogP contribution in [0.25, 0.3) is 0 Å². The predicted molar refractivity (Wildman–Crippen MR) is 80.1 cm³/mol. The molecular weight excluding hydrogens is 252 g/mol. The van der Waals surface area contributed by atoms with E-state index in [9.17, 15) is 4.79 Å². The standard InChI is InChI=1S/C16H24N2O2/c1-13-4-5-14(2)15(12-13)16(19)17-6-3-7-18-8-10-20-11-9-18/h4-5,12H,3,6-11H2,1-2H3,(H,17,19). The van der Waals surface area contributed by atoms with Crippen LogP contribution in [0.1, 0.15) is 27.9 Å². The van der Waals surface area contributed by atoms with Crippen LogP contribution in [0, 0.1) is 13.8 Å². The minimum absolute atomic E-state index is 0.0353. The molecule has 0 radical (unpaired) electrons. The van der Waals surface area contributed by atoms with Crippen molar-refractivity contribution in [2.75, 3.05) is 39.4 Å². The molecule has 1 aromatic carbocycles. The summed E-state index contributed by atoms with van der Waals surface area (Å²) in [6, 6.07) is 5.98. The number of amides is 1. The summed E-state index contributed by atoms with van der Waals surface area (Å²) in [6.07, 6.45) is 0.983. The Labute approximate surface area is 121 Å². The Morgan fingerprint density at radius 3 is 2.80 bits per heavy atom. The van der Waals surface area contributed by atoms with Crippen LogP contribution >= 0.6 is 0 Å². The molecule has 4 heteroatoms. The lowest BCUT2D eigenvalue weighted by Crippen LogP contribution is -2.38. The summed E-state index contributed by atoms with van der Waals surface area (Å²) in [5.74, 6) is 0.0353. The SMILES string of the molecule is Cc1ccc(C)c(C(=O)NCCCN2CCOCC2)c1. The lowest BCUT2D eigenvalue weighted by Gasteiger charge is -2.26. The number of nitrogens with one attached hydrogen (secondary N) is 1. The minimum Gasteiger partial charge on any atom is -0.379 e. The molecule has 1 aliphatic rings. The van der Waals surface area contributed by atoms with Gasteiger partial charge < -0.3 is 10.1 Å². The van der Waals surface area contributed by atoms with Gasteiger partial charge in [0.25, 0.3) is 5.91 Å². The van der Waals surface area contributed by atoms with Crippen molar-refractivity contribution in [3.63, 3.8) is 0 Å². The van der Waals surface area contributed by atoms with Gasteiger partial charge in [-0.1, -0.05) is 17.7 Å². The van der Waals surface area contributed by atoms with Gasteiger partial charge in [-0.3, -0.25) is 9.69 Å². The molecule has 1 N–H and O–H groups in total. The molecule has 0 saturated carbocycles. The number of carbonyl (C=O) groups is 1. The van der Waals surface area contributed by atoms with Crippen molar-refractivity contribution in [3.05, 3.63) is 34.9 Å². The first-order chi connectivity index (χ1) is 9.66. The van der Waals surface area contributed by atoms with Crippen LogP contribution < -0.4 is 5.32 Å². The average molecular weight is 276 g/mol. The molecule has 1 aliphatic heterocycles. The van der Waals surface area contributed by atoms with Crippen molar-refractivity contribution in [2.45, 2.75) is 20.3 Å². The second kappa shape index (κ2) is 7.41. The molecule has 0 aromatic heterocycles. The van der Waals surface area contributed by atoms with E-state index in [4.69, 9.17) is 4.74 Å². The Balaban J connectivity index is 1.73. The number of benzene rings is 1. The van der Waals surface area contributed by atoms with Gasteiger partial charge in [-0.05, 0) is 38.4 Å². The second-order valence-electron chi connectivity index (χ2n) is 5.38. The average Bonchev–Trinajstić information content (AvgIpc) is 2.47. The topological polar surface area (TPSA) is 41.6 Å². The third-order valence-electron chi connectivity index (χ3n) is 3.68. The van der Waals surface area contributed by atoms with Gasteiger partial charge >= 0.3 is 0 Å². The number of ether oxygens (including phenoxy) is 1. The summed E-state index contributed by atoms with van der Waals surface area (Å²) < 4.78 is 5.32. The van der Waals surface area contributed by atoms with Crippen LogP contribution in [0.5, 0.6) is 0 Å². The highest BCUT2D eigenvalue weighted by Crippen LogP contribution is 2.10. The zero-order valence-electron chi connectivity index (χ0n) is 12.4. The van der Waals surface area contributed by atoms with Crippen LogP contribution in [0.15, 0.2) is 18.2 Å². The van der Waals surface area contributed by atoms with E-state index in [2.05, 4.69) is 10.2 Å². The van der Waals surface area contributed by atoms with E-state index in [1.165, 1.54) is 0 Å². The molecule has 1 fully saturated rings. The van der Waals surface area contributed by atoms with Crippen LogP contribution in [-0.2, 0) is 4.74 Å². The van der Waals surface area contributed by atoms with Crippen LogP contribution in [-0.4, -0.2) is 50.2 Å². The first kappa shape index (κ1) is 15.0. The zero-order valence-corrected chi connectivity index (χ0v) is 12.4. The first-order valence-electron chi connectivity index (χ1n) is 7.32. The third-order valence-corrected chi connectivity index (χ3v) is 3.68. The smallest absolute Gasteiger partial charge is 0.251 e. The van der Waals surface area contributed by atoms with Crippen molar-refractivity contribution >= 4 is 5.91 Å². The number of nitrogens with zero attached hydrogens (tertiary/aromatic N) is 1. The number of hydrogen-bond acceptors (Lipinski definition) is 3. The summed E-state index contributed by atoms with van der Waals surface area (Å²) in [5.41, 5.74) is 2.94. The Hall–Kier alpha value is -1.39. The van der Waals surface area contributed by atoms with Crippen molar-refractivity contribution in [3.8, 4) is 0 Å². The van der Waals surface area contributed by atoms with Crippen molar-refractivity contribution in [1.29, 1.82) is 0 Å². The van der Waals surface area contributed by atoms with Crippen molar-refractivity contribution in [1.82, 2.24) is 10.2 Å². The van der Waals surface area contributed by atoms with E-state index in [0.717, 1.165) is 62.5 Å². The molecular formula is C16H24N2O2. The first-order valence-corrected chi connectivity index (χ1v) is 7.32. The molecule has 0 unspecified atom stereocenters. The van der Waals surface area contributed by atoms with E-state index in [-0.39, 0.29) is 5.91 Å². The van der Waals surface area contributed by atoms with Crippen LogP contribution in [0.2, 0.25) is 0 Å². The second-order valence-corrected chi connectivity index (χ2v) is 5.38. The largest absolute Gasteiger partial charge is 0.379 e. The van der Waals surface area contributed by atoms with E-state index in [1.807, 2.05) is 32.0 Å². The minimum atomic E-state index is 0.0353. The molecule has 1 aromatic rings. The molecule has 110 valence electrons. The molecule has 1 saturated heterocycles. The Kier molecular flexibility index (Phi) is 5.56. The van der Waals surface area contributed by atoms with Gasteiger partial charge in [0, 0.05) is 25.2 Å². The monoisotopic (exact) mass is 276 g/mol. The van der Waals surface area contributed by atoms with Crippen molar-refractivity contribution in [2.24, 2.45) is 0 Å². The van der Waals surface area contributed by atoms with E-state index >= 15 is 0 Å². The van der Waals surface area contributed by atoms with Gasteiger partial charge in [-0.2, -0.15) is 0 Å². The summed E-state index contributed by atoms with van der Waals surface area (Å²) in [6.45, 7) is 9.40. The molecule has 0 atom stereocenters. The summed E-state index contributed by atoms with van der Waals surface area (Å²) in [4.78, 5) is 14.5. The predicted octanol–water partition coefficient (Wildman–Crippen LogP) is 1.76. The lowest BCUT2D eigenvalue weighted by molar-refractivity contribution is 0.0374. The molecule has 2 rings (SSSR count). The van der Waals surface area contributed by atoms with E-state index < -0.39 is 0 Å². The maximum atomic E-state index is 12.1. The summed E-state index contributed by atoms with van der Waals surface area (Å²) >= 11 is 0. The van der Waals surface area contributed by atoms with Gasteiger partial charge in [0.1, 0.15) is 0 Å². The third kappa shape index (κ3) is 4.32. The highest BCUT2D eigenvalue weighted by molar-refractivity contribution is 5.95. The van der Waals surface area contributed by atoms with E-state index in [0.29, 0.717) is 0 Å². The number of aryl methyl sites for hydroxylation is 2. The lowest BCUT2D eigenvalue weighted by atomic mass is 10.1. The highest BCUT2D eigenvalue weighted by atomic mass is 16.5. The highest BCUT2D eigenvalue weighted by Gasteiger charge is 2.11. The Bertz CT molecular complexity index is 454. The van der Waals surface area contributed by atoms with Gasteiger partial charge in [0.15, 0.2) is 0 Å². The van der Waals surface area contributed by atoms with Crippen LogP contribution in [0.3, 0.4) is 0 Å². The molecule has 1 heterocycles. The van der Waals surface area contributed by atoms with Gasteiger partial charge in [-0.15, -0.1) is 0 Å². The fraction of sp³-hybridized carbons (Fsp3) is 0.562. The zero-order chi connectivity index (χ0) is 14.4. The van der Waals surface area contributed by atoms with Crippen LogP contribution in [0.4, 0.5) is 0 Å². The fourth-order valence-corrected chi connectivity index (χ4v) is 2.41. The molecule has 20 heavy (non-hydrogen) atoms. The molecule has 4 nitrogen and oxygen atoms in total. The Morgan fingerprint density at radius 1 is 1.30 bits per heavy atom. The fourth-order valence-electron chi connectivity index (χ4n) is 2.41. The normalized spacial score (nSPS) is 16.1. The molecule has 0 spiro atoms. The summed E-state index contributed by atoms with van der Waals surface area (Å²) in [5, 5.41) is 3.01. The molecule has 0 bridgehead atoms. The maximum Gasteiger partial charge on any atom is 0.251 e. The molecule has 0 aliphatic carbocycles. The Morgan fingerprint density at radius 2 is 2.05 bits per heavy atom. The van der Waals surface area contributed by atoms with Gasteiger partial charge in [0.05, 0.1) is 13.2 Å². The quantitative estimate of drug-likeness (QED) is 0.833. The number of morpholine rings is 1. The van der Waals surface area contributed by atoms with Gasteiger partial charge in [0.2, 0.25) is 0 Å². The maximum absolute atomic E-state index is 12.1. The van der Waals surface area contributed by atoms with E-state index in [1.54, 1.807) is 0 Å². The number of rotatable bonds is 5.